The molecule has 0 amide bonds. The lowest BCUT2D eigenvalue weighted by Crippen LogP contribution is -2.30. The van der Waals surface area contributed by atoms with Gasteiger partial charge in [0, 0.05) is 6.61 Å². The van der Waals surface area contributed by atoms with E-state index in [-0.39, 0.29) is 17.5 Å². The SMILES string of the molecule is CC(C)(C)OC(=O)C1CC2CC1CCO2. The zero-order valence-electron chi connectivity index (χ0n) is 9.79. The second-order valence-corrected chi connectivity index (χ2v) is 5.65. The number of fused-ring (bicyclic) bond motifs is 2. The molecule has 1 aliphatic heterocycles. The number of esters is 1. The lowest BCUT2D eigenvalue weighted by molar-refractivity contribution is -0.161. The van der Waals surface area contributed by atoms with Crippen molar-refractivity contribution in [3.8, 4) is 0 Å². The van der Waals surface area contributed by atoms with Gasteiger partial charge in [0.25, 0.3) is 0 Å². The van der Waals surface area contributed by atoms with Gasteiger partial charge in [0.2, 0.25) is 0 Å². The molecule has 2 bridgehead atoms. The van der Waals surface area contributed by atoms with E-state index in [1.54, 1.807) is 0 Å². The van der Waals surface area contributed by atoms with Crippen LogP contribution in [0.15, 0.2) is 0 Å². The summed E-state index contributed by atoms with van der Waals surface area (Å²) in [6, 6.07) is 0. The molecular weight excluding hydrogens is 192 g/mol. The summed E-state index contributed by atoms with van der Waals surface area (Å²) in [4.78, 5) is 11.9. The van der Waals surface area contributed by atoms with Gasteiger partial charge in [-0.25, -0.2) is 0 Å². The van der Waals surface area contributed by atoms with Crippen LogP contribution in [0, 0.1) is 11.8 Å². The third-order valence-electron chi connectivity index (χ3n) is 3.20. The molecule has 2 rings (SSSR count). The van der Waals surface area contributed by atoms with Gasteiger partial charge in [0.15, 0.2) is 0 Å². The fraction of sp³-hybridized carbons (Fsp3) is 0.917. The van der Waals surface area contributed by atoms with Crippen LogP contribution in [-0.2, 0) is 14.3 Å². The summed E-state index contributed by atoms with van der Waals surface area (Å²) < 4.78 is 11.0. The predicted molar refractivity (Wildman–Crippen MR) is 56.4 cm³/mol. The van der Waals surface area contributed by atoms with Gasteiger partial charge >= 0.3 is 5.97 Å². The second-order valence-electron chi connectivity index (χ2n) is 5.65. The first-order chi connectivity index (χ1) is 6.96. The first-order valence-corrected chi connectivity index (χ1v) is 5.80. The third kappa shape index (κ3) is 2.51. The van der Waals surface area contributed by atoms with Crippen molar-refractivity contribution in [3.05, 3.63) is 0 Å². The van der Waals surface area contributed by atoms with E-state index < -0.39 is 0 Å². The molecule has 0 spiro atoms. The normalized spacial score (nSPS) is 35.3. The molecule has 1 aliphatic carbocycles. The van der Waals surface area contributed by atoms with Crippen LogP contribution < -0.4 is 0 Å². The minimum Gasteiger partial charge on any atom is -0.460 e. The minimum atomic E-state index is -0.366. The van der Waals surface area contributed by atoms with Gasteiger partial charge in [-0.15, -0.1) is 0 Å². The molecule has 1 heterocycles. The Kier molecular flexibility index (Phi) is 2.75. The van der Waals surface area contributed by atoms with Crippen molar-refractivity contribution < 1.29 is 14.3 Å². The molecule has 0 radical (unpaired) electrons. The van der Waals surface area contributed by atoms with Gasteiger partial charge in [0.05, 0.1) is 12.0 Å². The Morgan fingerprint density at radius 3 is 2.67 bits per heavy atom. The van der Waals surface area contributed by atoms with E-state index in [9.17, 15) is 4.79 Å². The highest BCUT2D eigenvalue weighted by atomic mass is 16.6. The Bertz CT molecular complexity index is 254. The molecule has 0 aromatic rings. The van der Waals surface area contributed by atoms with E-state index in [1.165, 1.54) is 0 Å². The first kappa shape index (κ1) is 10.9. The summed E-state index contributed by atoms with van der Waals surface area (Å²) in [5.41, 5.74) is -0.366. The Morgan fingerprint density at radius 2 is 2.07 bits per heavy atom. The molecule has 3 nitrogen and oxygen atoms in total. The zero-order valence-corrected chi connectivity index (χ0v) is 9.79. The number of ether oxygens (including phenoxy) is 2. The van der Waals surface area contributed by atoms with Crippen molar-refractivity contribution >= 4 is 5.97 Å². The predicted octanol–water partition coefficient (Wildman–Crippen LogP) is 2.14. The van der Waals surface area contributed by atoms with E-state index in [1.807, 2.05) is 20.8 Å². The molecule has 15 heavy (non-hydrogen) atoms. The fourth-order valence-corrected chi connectivity index (χ4v) is 2.58. The van der Waals surface area contributed by atoms with Crippen LogP contribution in [0.1, 0.15) is 40.0 Å². The van der Waals surface area contributed by atoms with Crippen LogP contribution in [0.5, 0.6) is 0 Å². The highest BCUT2D eigenvalue weighted by Gasteiger charge is 2.43. The van der Waals surface area contributed by atoms with Crippen LogP contribution in [-0.4, -0.2) is 24.3 Å². The summed E-state index contributed by atoms with van der Waals surface area (Å²) in [6.07, 6.45) is 3.23. The van der Waals surface area contributed by atoms with Gasteiger partial charge in [-0.05, 0) is 46.0 Å². The minimum absolute atomic E-state index is 0.0273. The fourth-order valence-electron chi connectivity index (χ4n) is 2.58. The maximum atomic E-state index is 11.9. The van der Waals surface area contributed by atoms with Gasteiger partial charge in [0.1, 0.15) is 5.60 Å². The summed E-state index contributed by atoms with van der Waals surface area (Å²) in [5, 5.41) is 0. The van der Waals surface area contributed by atoms with Crippen LogP contribution in [0.4, 0.5) is 0 Å². The molecular formula is C12H20O3. The van der Waals surface area contributed by atoms with E-state index >= 15 is 0 Å². The van der Waals surface area contributed by atoms with E-state index in [0.29, 0.717) is 12.0 Å². The van der Waals surface area contributed by atoms with Crippen molar-refractivity contribution in [2.24, 2.45) is 11.8 Å². The summed E-state index contributed by atoms with van der Waals surface area (Å²) in [7, 11) is 0. The molecule has 86 valence electrons. The molecule has 0 aromatic carbocycles. The topological polar surface area (TPSA) is 35.5 Å². The molecule has 1 saturated heterocycles. The van der Waals surface area contributed by atoms with Gasteiger partial charge in [-0.3, -0.25) is 4.79 Å². The third-order valence-corrected chi connectivity index (χ3v) is 3.20. The number of carbonyl (C=O) groups excluding carboxylic acids is 1. The van der Waals surface area contributed by atoms with Gasteiger partial charge in [-0.2, -0.15) is 0 Å². The lowest BCUT2D eigenvalue weighted by atomic mass is 9.93. The summed E-state index contributed by atoms with van der Waals surface area (Å²) >= 11 is 0. The van der Waals surface area contributed by atoms with Crippen molar-refractivity contribution in [2.75, 3.05) is 6.61 Å². The second kappa shape index (κ2) is 3.78. The van der Waals surface area contributed by atoms with Crippen LogP contribution in [0.2, 0.25) is 0 Å². The van der Waals surface area contributed by atoms with Crippen LogP contribution in [0.3, 0.4) is 0 Å². The molecule has 3 atom stereocenters. The quantitative estimate of drug-likeness (QED) is 0.625. The molecule has 0 N–H and O–H groups in total. The van der Waals surface area contributed by atoms with Gasteiger partial charge in [-0.1, -0.05) is 0 Å². The lowest BCUT2D eigenvalue weighted by Gasteiger charge is -2.24. The molecule has 2 fully saturated rings. The average Bonchev–Trinajstić information content (AvgIpc) is 2.38. The average molecular weight is 212 g/mol. The maximum Gasteiger partial charge on any atom is 0.309 e. The molecule has 3 heteroatoms. The molecule has 3 unspecified atom stereocenters. The molecule has 0 aromatic heterocycles. The van der Waals surface area contributed by atoms with Gasteiger partial charge < -0.3 is 9.47 Å². The Balaban J connectivity index is 1.96. The summed E-state index contributed by atoms with van der Waals surface area (Å²) in [5.74, 6) is 0.552. The maximum absolute atomic E-state index is 11.9. The highest BCUT2D eigenvalue weighted by molar-refractivity contribution is 5.73. The Hall–Kier alpha value is -0.570. The van der Waals surface area contributed by atoms with Crippen molar-refractivity contribution in [1.29, 1.82) is 0 Å². The highest BCUT2D eigenvalue weighted by Crippen LogP contribution is 2.40. The molecule has 2 aliphatic rings. The number of carbonyl (C=O) groups is 1. The number of hydrogen-bond acceptors (Lipinski definition) is 3. The number of hydrogen-bond donors (Lipinski definition) is 0. The zero-order chi connectivity index (χ0) is 11.1. The van der Waals surface area contributed by atoms with Crippen molar-refractivity contribution in [3.63, 3.8) is 0 Å². The smallest absolute Gasteiger partial charge is 0.309 e. The first-order valence-electron chi connectivity index (χ1n) is 5.80. The van der Waals surface area contributed by atoms with Crippen LogP contribution in [0.25, 0.3) is 0 Å². The standard InChI is InChI=1S/C12H20O3/c1-12(2,3)15-11(13)10-7-9-6-8(10)4-5-14-9/h8-10H,4-7H2,1-3H3. The van der Waals surface area contributed by atoms with Crippen molar-refractivity contribution in [2.45, 2.75) is 51.7 Å². The van der Waals surface area contributed by atoms with E-state index in [4.69, 9.17) is 9.47 Å². The molecule has 1 saturated carbocycles. The van der Waals surface area contributed by atoms with Crippen molar-refractivity contribution in [1.82, 2.24) is 0 Å². The van der Waals surface area contributed by atoms with E-state index in [0.717, 1.165) is 25.9 Å². The van der Waals surface area contributed by atoms with Crippen LogP contribution >= 0.6 is 0 Å². The number of rotatable bonds is 1. The Morgan fingerprint density at radius 1 is 1.33 bits per heavy atom. The monoisotopic (exact) mass is 212 g/mol. The van der Waals surface area contributed by atoms with E-state index in [2.05, 4.69) is 0 Å². The Labute approximate surface area is 91.1 Å². The largest absolute Gasteiger partial charge is 0.460 e. The summed E-state index contributed by atoms with van der Waals surface area (Å²) in [6.45, 7) is 6.57.